The number of hydrogen-bond acceptors (Lipinski definition) is 5. The van der Waals surface area contributed by atoms with E-state index in [1.807, 2.05) is 13.8 Å². The lowest BCUT2D eigenvalue weighted by Gasteiger charge is -2.28. The molecule has 8 heteroatoms. The number of rotatable bonds is 9. The molecule has 0 radical (unpaired) electrons. The maximum absolute atomic E-state index is 13.0. The first kappa shape index (κ1) is 21.8. The lowest BCUT2D eigenvalue weighted by Crippen LogP contribution is -2.39. The molecule has 0 aliphatic rings. The molecule has 0 spiro atoms. The Morgan fingerprint density at radius 3 is 2.25 bits per heavy atom. The van der Waals surface area contributed by atoms with Crippen molar-refractivity contribution < 1.29 is 26.5 Å². The third-order valence-corrected chi connectivity index (χ3v) is 5.56. The molecule has 2 aromatic carbocycles. The number of halogens is 1. The standard InChI is InChI=1S/C20H24FNO5S/c1-4-15(2)22(20(23)14-26-3)13-16-5-9-18(10-6-16)27-28(24,25)19-11-7-17(21)8-12-19/h5-12,15H,4,13-14H2,1-3H3. The molecular weight excluding hydrogens is 385 g/mol. The molecule has 0 aliphatic carbocycles. The van der Waals surface area contributed by atoms with Crippen molar-refractivity contribution in [2.75, 3.05) is 13.7 Å². The predicted octanol–water partition coefficient (Wildman–Crippen LogP) is 3.37. The zero-order valence-electron chi connectivity index (χ0n) is 16.1. The van der Waals surface area contributed by atoms with Crippen LogP contribution in [0.1, 0.15) is 25.8 Å². The average Bonchev–Trinajstić information content (AvgIpc) is 2.67. The van der Waals surface area contributed by atoms with Crippen LogP contribution < -0.4 is 4.18 Å². The Morgan fingerprint density at radius 2 is 1.71 bits per heavy atom. The van der Waals surface area contributed by atoms with Gasteiger partial charge in [-0.15, -0.1) is 0 Å². The molecule has 1 atom stereocenters. The third-order valence-electron chi connectivity index (χ3n) is 4.30. The molecule has 0 fully saturated rings. The summed E-state index contributed by atoms with van der Waals surface area (Å²) >= 11 is 0. The maximum Gasteiger partial charge on any atom is 0.339 e. The third kappa shape index (κ3) is 5.77. The highest BCUT2D eigenvalue weighted by Crippen LogP contribution is 2.21. The van der Waals surface area contributed by atoms with Crippen LogP contribution in [0.2, 0.25) is 0 Å². The van der Waals surface area contributed by atoms with Gasteiger partial charge in [0.15, 0.2) is 0 Å². The first-order valence-corrected chi connectivity index (χ1v) is 10.2. The summed E-state index contributed by atoms with van der Waals surface area (Å²) in [5.41, 5.74) is 0.830. The molecular formula is C20H24FNO5S. The van der Waals surface area contributed by atoms with Crippen LogP contribution in [0, 0.1) is 5.82 Å². The van der Waals surface area contributed by atoms with Crippen LogP contribution in [0.15, 0.2) is 53.4 Å². The second kappa shape index (κ2) is 9.66. The van der Waals surface area contributed by atoms with Gasteiger partial charge in [-0.2, -0.15) is 8.42 Å². The molecule has 1 unspecified atom stereocenters. The normalized spacial score (nSPS) is 12.4. The monoisotopic (exact) mass is 409 g/mol. The van der Waals surface area contributed by atoms with E-state index < -0.39 is 15.9 Å². The molecule has 0 saturated carbocycles. The molecule has 28 heavy (non-hydrogen) atoms. The van der Waals surface area contributed by atoms with Gasteiger partial charge in [0.25, 0.3) is 0 Å². The van der Waals surface area contributed by atoms with Crippen molar-refractivity contribution in [1.29, 1.82) is 0 Å². The van der Waals surface area contributed by atoms with Gasteiger partial charge in [-0.25, -0.2) is 4.39 Å². The quantitative estimate of drug-likeness (QED) is 0.594. The summed E-state index contributed by atoms with van der Waals surface area (Å²) in [4.78, 5) is 13.8. The first-order valence-electron chi connectivity index (χ1n) is 8.84. The van der Waals surface area contributed by atoms with Crippen LogP contribution >= 0.6 is 0 Å². The first-order chi connectivity index (χ1) is 13.3. The van der Waals surface area contributed by atoms with Crippen LogP contribution in [-0.2, 0) is 26.2 Å². The van der Waals surface area contributed by atoms with E-state index in [9.17, 15) is 17.6 Å². The van der Waals surface area contributed by atoms with Crippen LogP contribution in [0.3, 0.4) is 0 Å². The lowest BCUT2D eigenvalue weighted by atomic mass is 10.1. The van der Waals surface area contributed by atoms with Crippen molar-refractivity contribution in [3.63, 3.8) is 0 Å². The predicted molar refractivity (Wildman–Crippen MR) is 103 cm³/mol. The Labute approximate surface area is 165 Å². The van der Waals surface area contributed by atoms with E-state index >= 15 is 0 Å². The molecule has 2 rings (SSSR count). The largest absolute Gasteiger partial charge is 0.379 e. The minimum absolute atomic E-state index is 0.00144. The highest BCUT2D eigenvalue weighted by molar-refractivity contribution is 7.87. The van der Waals surface area contributed by atoms with E-state index in [-0.39, 0.29) is 29.2 Å². The summed E-state index contributed by atoms with van der Waals surface area (Å²) in [6.45, 7) is 4.33. The van der Waals surface area contributed by atoms with Crippen LogP contribution in [0.4, 0.5) is 4.39 Å². The van der Waals surface area contributed by atoms with E-state index in [1.54, 1.807) is 17.0 Å². The zero-order valence-corrected chi connectivity index (χ0v) is 16.9. The second-order valence-corrected chi connectivity index (χ2v) is 7.89. The van der Waals surface area contributed by atoms with Gasteiger partial charge in [-0.05, 0) is 55.3 Å². The van der Waals surface area contributed by atoms with Crippen LogP contribution in [0.5, 0.6) is 5.75 Å². The van der Waals surface area contributed by atoms with E-state index in [0.717, 1.165) is 36.2 Å². The van der Waals surface area contributed by atoms with E-state index in [4.69, 9.17) is 8.92 Å². The minimum atomic E-state index is -4.05. The Bertz CT molecular complexity index is 882. The topological polar surface area (TPSA) is 72.9 Å². The fourth-order valence-corrected chi connectivity index (χ4v) is 3.47. The highest BCUT2D eigenvalue weighted by Gasteiger charge is 2.20. The Kier molecular flexibility index (Phi) is 7.53. The molecule has 2 aromatic rings. The molecule has 0 N–H and O–H groups in total. The van der Waals surface area contributed by atoms with E-state index in [0.29, 0.717) is 6.54 Å². The summed E-state index contributed by atoms with van der Waals surface area (Å²) in [5, 5.41) is 0. The number of carbonyl (C=O) groups is 1. The van der Waals surface area contributed by atoms with Gasteiger partial charge in [-0.3, -0.25) is 4.79 Å². The second-order valence-electron chi connectivity index (χ2n) is 6.35. The zero-order chi connectivity index (χ0) is 20.7. The average molecular weight is 409 g/mol. The van der Waals surface area contributed by atoms with E-state index in [2.05, 4.69) is 0 Å². The molecule has 152 valence electrons. The van der Waals surface area contributed by atoms with Crippen molar-refractivity contribution in [3.8, 4) is 5.75 Å². The Balaban J connectivity index is 2.11. The molecule has 0 aromatic heterocycles. The van der Waals surface area contributed by atoms with Gasteiger partial charge >= 0.3 is 10.1 Å². The van der Waals surface area contributed by atoms with Crippen molar-refractivity contribution in [1.82, 2.24) is 4.90 Å². The Hall–Kier alpha value is -2.45. The van der Waals surface area contributed by atoms with Crippen molar-refractivity contribution in [2.45, 2.75) is 37.8 Å². The molecule has 0 aliphatic heterocycles. The fraction of sp³-hybridized carbons (Fsp3) is 0.350. The fourth-order valence-electron chi connectivity index (χ4n) is 2.54. The minimum Gasteiger partial charge on any atom is -0.379 e. The molecule has 0 saturated heterocycles. The summed E-state index contributed by atoms with van der Waals surface area (Å²) in [5.74, 6) is -0.514. The van der Waals surface area contributed by atoms with Crippen molar-refractivity contribution >= 4 is 16.0 Å². The summed E-state index contributed by atoms with van der Waals surface area (Å²) in [6, 6.07) is 10.9. The molecule has 6 nitrogen and oxygen atoms in total. The number of benzene rings is 2. The molecule has 1 amide bonds. The number of hydrogen-bond donors (Lipinski definition) is 0. The van der Waals surface area contributed by atoms with Gasteiger partial charge in [0, 0.05) is 19.7 Å². The number of ether oxygens (including phenoxy) is 1. The van der Waals surface area contributed by atoms with Crippen molar-refractivity contribution in [3.05, 3.63) is 59.9 Å². The summed E-state index contributed by atoms with van der Waals surface area (Å²) in [6.07, 6.45) is 0.798. The van der Waals surface area contributed by atoms with Gasteiger partial charge in [0.1, 0.15) is 23.1 Å². The van der Waals surface area contributed by atoms with E-state index in [1.165, 1.54) is 19.2 Å². The summed E-state index contributed by atoms with van der Waals surface area (Å²) in [7, 11) is -2.58. The highest BCUT2D eigenvalue weighted by atomic mass is 32.2. The van der Waals surface area contributed by atoms with Gasteiger partial charge in [0.2, 0.25) is 5.91 Å². The van der Waals surface area contributed by atoms with Crippen molar-refractivity contribution in [2.24, 2.45) is 0 Å². The van der Waals surface area contributed by atoms with Gasteiger partial charge in [0.05, 0.1) is 0 Å². The van der Waals surface area contributed by atoms with Crippen LogP contribution in [0.25, 0.3) is 0 Å². The number of carbonyl (C=O) groups excluding carboxylic acids is 1. The smallest absolute Gasteiger partial charge is 0.339 e. The maximum atomic E-state index is 13.0. The summed E-state index contributed by atoms with van der Waals surface area (Å²) < 4.78 is 47.5. The van der Waals surface area contributed by atoms with Crippen LogP contribution in [-0.4, -0.2) is 39.0 Å². The lowest BCUT2D eigenvalue weighted by molar-refractivity contribution is -0.138. The number of methoxy groups -OCH3 is 1. The molecule has 0 bridgehead atoms. The number of amides is 1. The SMILES string of the molecule is CCC(C)N(Cc1ccc(OS(=O)(=O)c2ccc(F)cc2)cc1)C(=O)COC. The van der Waals surface area contributed by atoms with Gasteiger partial charge in [-0.1, -0.05) is 19.1 Å². The Morgan fingerprint density at radius 1 is 1.11 bits per heavy atom. The van der Waals surface area contributed by atoms with Gasteiger partial charge < -0.3 is 13.8 Å². The number of nitrogens with zero attached hydrogens (tertiary/aromatic N) is 1. The molecule has 0 heterocycles.